The summed E-state index contributed by atoms with van der Waals surface area (Å²) >= 11 is 1.61. The molecule has 2 N–H and O–H groups in total. The quantitative estimate of drug-likeness (QED) is 0.888. The number of aromatic nitrogens is 3. The molecule has 0 aromatic carbocycles. The van der Waals surface area contributed by atoms with Crippen molar-refractivity contribution in [2.75, 3.05) is 18.0 Å². The Bertz CT molecular complexity index is 696. The molecule has 0 spiro atoms. The summed E-state index contributed by atoms with van der Waals surface area (Å²) in [5, 5.41) is 11.2. The number of hydrogen-bond donors (Lipinski definition) is 2. The highest BCUT2D eigenvalue weighted by Crippen LogP contribution is 2.20. The molecule has 0 unspecified atom stereocenters. The topological polar surface area (TPSA) is 75.1 Å². The fourth-order valence-electron chi connectivity index (χ4n) is 2.96. The number of rotatable bonds is 4. The van der Waals surface area contributed by atoms with Crippen molar-refractivity contribution >= 4 is 23.1 Å². The SMILES string of the molecule is Cc1cnc([C@@H](C)NC(=O)N[C@H]2CCCN(c3cnn(C)c3)C2)s1. The molecule has 3 rings (SSSR count). The molecule has 2 aromatic rings. The van der Waals surface area contributed by atoms with E-state index in [1.165, 1.54) is 0 Å². The Kier molecular flexibility index (Phi) is 5.03. The third-order valence-corrected chi connectivity index (χ3v) is 5.27. The number of amides is 2. The second-order valence-corrected chi connectivity index (χ2v) is 7.57. The van der Waals surface area contributed by atoms with Gasteiger partial charge in [-0.05, 0) is 26.7 Å². The van der Waals surface area contributed by atoms with Crippen LogP contribution in [0.5, 0.6) is 0 Å². The van der Waals surface area contributed by atoms with Gasteiger partial charge in [0.2, 0.25) is 0 Å². The van der Waals surface area contributed by atoms with Gasteiger partial charge in [0.05, 0.1) is 17.9 Å². The lowest BCUT2D eigenvalue weighted by Gasteiger charge is -2.34. The standard InChI is InChI=1S/C16H24N6OS/c1-11-7-17-15(24-11)12(2)19-16(23)20-13-5-4-6-22(9-13)14-8-18-21(3)10-14/h7-8,10,12-13H,4-6,9H2,1-3H3,(H2,19,20,23)/t12-,13+/m1/s1. The number of hydrogen-bond acceptors (Lipinski definition) is 5. The Labute approximate surface area is 146 Å². The Hall–Kier alpha value is -2.09. The lowest BCUT2D eigenvalue weighted by atomic mass is 10.1. The number of aryl methyl sites for hydroxylation is 2. The summed E-state index contributed by atoms with van der Waals surface area (Å²) in [4.78, 5) is 20.0. The van der Waals surface area contributed by atoms with Crippen LogP contribution in [0, 0.1) is 6.92 Å². The van der Waals surface area contributed by atoms with E-state index in [2.05, 4.69) is 25.6 Å². The van der Waals surface area contributed by atoms with E-state index in [4.69, 9.17) is 0 Å². The van der Waals surface area contributed by atoms with Crippen LogP contribution < -0.4 is 15.5 Å². The minimum atomic E-state index is -0.131. The number of thiazole rings is 1. The Balaban J connectivity index is 1.52. The van der Waals surface area contributed by atoms with Crippen LogP contribution in [0.3, 0.4) is 0 Å². The average Bonchev–Trinajstić information content (AvgIpc) is 3.16. The molecule has 7 nitrogen and oxygen atoms in total. The first kappa shape index (κ1) is 16.8. The van der Waals surface area contributed by atoms with Crippen molar-refractivity contribution in [2.24, 2.45) is 7.05 Å². The molecule has 1 aliphatic heterocycles. The van der Waals surface area contributed by atoms with Crippen LogP contribution in [0.4, 0.5) is 10.5 Å². The average molecular weight is 348 g/mol. The molecule has 1 fully saturated rings. The van der Waals surface area contributed by atoms with Crippen LogP contribution in [0.25, 0.3) is 0 Å². The van der Waals surface area contributed by atoms with Gasteiger partial charge in [-0.1, -0.05) is 0 Å². The maximum atomic E-state index is 12.3. The zero-order valence-corrected chi connectivity index (χ0v) is 15.1. The highest BCUT2D eigenvalue weighted by molar-refractivity contribution is 7.11. The first-order valence-electron chi connectivity index (χ1n) is 8.24. The van der Waals surface area contributed by atoms with Gasteiger partial charge in [-0.25, -0.2) is 9.78 Å². The molecular formula is C16H24N6OS. The van der Waals surface area contributed by atoms with Gasteiger partial charge in [0.1, 0.15) is 5.01 Å². The third kappa shape index (κ3) is 4.05. The number of nitrogens with zero attached hydrogens (tertiary/aromatic N) is 4. The minimum Gasteiger partial charge on any atom is -0.367 e. The fourth-order valence-corrected chi connectivity index (χ4v) is 3.74. The van der Waals surface area contributed by atoms with Gasteiger partial charge in [-0.2, -0.15) is 5.10 Å². The van der Waals surface area contributed by atoms with Crippen LogP contribution in [-0.4, -0.2) is 39.9 Å². The van der Waals surface area contributed by atoms with E-state index in [1.54, 1.807) is 16.0 Å². The van der Waals surface area contributed by atoms with E-state index in [-0.39, 0.29) is 18.1 Å². The lowest BCUT2D eigenvalue weighted by molar-refractivity contribution is 0.232. The molecule has 3 heterocycles. The van der Waals surface area contributed by atoms with Crippen LogP contribution >= 0.6 is 11.3 Å². The van der Waals surface area contributed by atoms with Crippen LogP contribution in [0.1, 0.15) is 35.7 Å². The molecule has 1 saturated heterocycles. The van der Waals surface area contributed by atoms with E-state index in [1.807, 2.05) is 39.5 Å². The number of piperidine rings is 1. The van der Waals surface area contributed by atoms with Crippen molar-refractivity contribution in [3.63, 3.8) is 0 Å². The van der Waals surface area contributed by atoms with Gasteiger partial charge in [-0.15, -0.1) is 11.3 Å². The molecule has 0 aliphatic carbocycles. The van der Waals surface area contributed by atoms with E-state index >= 15 is 0 Å². The molecule has 24 heavy (non-hydrogen) atoms. The van der Waals surface area contributed by atoms with Crippen LogP contribution in [0.15, 0.2) is 18.6 Å². The third-order valence-electron chi connectivity index (χ3n) is 4.17. The van der Waals surface area contributed by atoms with E-state index < -0.39 is 0 Å². The molecule has 0 bridgehead atoms. The van der Waals surface area contributed by atoms with Crippen LogP contribution in [0.2, 0.25) is 0 Å². The minimum absolute atomic E-state index is 0.0817. The zero-order chi connectivity index (χ0) is 17.1. The summed E-state index contributed by atoms with van der Waals surface area (Å²) in [6, 6.07) is -0.0701. The number of anilines is 1. The van der Waals surface area contributed by atoms with Gasteiger partial charge < -0.3 is 15.5 Å². The van der Waals surface area contributed by atoms with Gasteiger partial charge >= 0.3 is 6.03 Å². The van der Waals surface area contributed by atoms with Gasteiger partial charge in [-0.3, -0.25) is 4.68 Å². The summed E-state index contributed by atoms with van der Waals surface area (Å²) in [5.41, 5.74) is 1.11. The fraction of sp³-hybridized carbons (Fsp3) is 0.562. The number of nitrogens with one attached hydrogen (secondary N) is 2. The Morgan fingerprint density at radius 1 is 1.46 bits per heavy atom. The monoisotopic (exact) mass is 348 g/mol. The van der Waals surface area contributed by atoms with Crippen molar-refractivity contribution in [3.8, 4) is 0 Å². The summed E-state index contributed by atoms with van der Waals surface area (Å²) in [6.07, 6.45) is 7.77. The van der Waals surface area contributed by atoms with Crippen molar-refractivity contribution in [1.29, 1.82) is 0 Å². The highest BCUT2D eigenvalue weighted by Gasteiger charge is 2.23. The van der Waals surface area contributed by atoms with Crippen molar-refractivity contribution in [1.82, 2.24) is 25.4 Å². The van der Waals surface area contributed by atoms with E-state index in [0.717, 1.165) is 41.5 Å². The molecule has 2 amide bonds. The van der Waals surface area contributed by atoms with E-state index in [0.29, 0.717) is 0 Å². The predicted molar refractivity (Wildman–Crippen MR) is 95.4 cm³/mol. The number of urea groups is 1. The molecule has 2 aromatic heterocycles. The number of carbonyl (C=O) groups excluding carboxylic acids is 1. The second-order valence-electron chi connectivity index (χ2n) is 6.31. The first-order chi connectivity index (χ1) is 11.5. The predicted octanol–water partition coefficient (Wildman–Crippen LogP) is 2.21. The van der Waals surface area contributed by atoms with Gasteiger partial charge in [0.25, 0.3) is 0 Å². The summed E-state index contributed by atoms with van der Waals surface area (Å²) in [7, 11) is 1.92. The Morgan fingerprint density at radius 2 is 2.29 bits per heavy atom. The second kappa shape index (κ2) is 7.21. The maximum Gasteiger partial charge on any atom is 0.315 e. The van der Waals surface area contributed by atoms with Gasteiger partial charge in [0.15, 0.2) is 0 Å². The molecule has 0 saturated carbocycles. The normalized spacial score (nSPS) is 19.1. The Morgan fingerprint density at radius 3 is 2.96 bits per heavy atom. The largest absolute Gasteiger partial charge is 0.367 e. The van der Waals surface area contributed by atoms with Crippen molar-refractivity contribution in [3.05, 3.63) is 28.5 Å². The molecule has 8 heteroatoms. The van der Waals surface area contributed by atoms with Crippen molar-refractivity contribution in [2.45, 2.75) is 38.8 Å². The zero-order valence-electron chi connectivity index (χ0n) is 14.3. The maximum absolute atomic E-state index is 12.3. The molecular weight excluding hydrogens is 324 g/mol. The molecule has 130 valence electrons. The van der Waals surface area contributed by atoms with Crippen molar-refractivity contribution < 1.29 is 4.79 Å². The van der Waals surface area contributed by atoms with Gasteiger partial charge in [0, 0.05) is 43.4 Å². The van der Waals surface area contributed by atoms with Crippen LogP contribution in [-0.2, 0) is 7.05 Å². The number of carbonyl (C=O) groups is 1. The molecule has 1 aliphatic rings. The highest BCUT2D eigenvalue weighted by atomic mass is 32.1. The van der Waals surface area contributed by atoms with E-state index in [9.17, 15) is 4.79 Å². The summed E-state index contributed by atoms with van der Waals surface area (Å²) < 4.78 is 1.80. The summed E-state index contributed by atoms with van der Waals surface area (Å²) in [6.45, 7) is 5.79. The summed E-state index contributed by atoms with van der Waals surface area (Å²) in [5.74, 6) is 0. The first-order valence-corrected chi connectivity index (χ1v) is 9.06. The lowest BCUT2D eigenvalue weighted by Crippen LogP contribution is -2.50. The molecule has 0 radical (unpaired) electrons. The smallest absolute Gasteiger partial charge is 0.315 e. The molecule has 2 atom stereocenters.